The molecule has 23 heavy (non-hydrogen) atoms. The number of nitrogens with zero attached hydrogens (tertiary/aromatic N) is 2. The van der Waals surface area contributed by atoms with Crippen molar-refractivity contribution in [3.8, 4) is 16.9 Å². The fraction of sp³-hybridized carbons (Fsp3) is 0. The van der Waals surface area contributed by atoms with Crippen LogP contribution in [0.2, 0.25) is 0 Å². The summed E-state index contributed by atoms with van der Waals surface area (Å²) in [4.78, 5) is 12.4. The molecule has 0 atom stereocenters. The van der Waals surface area contributed by atoms with Crippen molar-refractivity contribution < 1.29 is 4.42 Å². The summed E-state index contributed by atoms with van der Waals surface area (Å²) in [5.74, 6) is 0. The molecule has 0 aliphatic rings. The van der Waals surface area contributed by atoms with Gasteiger partial charge in [0, 0.05) is 9.86 Å². The second kappa shape index (κ2) is 5.52. The van der Waals surface area contributed by atoms with Gasteiger partial charge in [-0.15, -0.1) is 0 Å². The highest BCUT2D eigenvalue weighted by Crippen LogP contribution is 2.25. The van der Waals surface area contributed by atoms with Crippen LogP contribution in [0.25, 0.3) is 27.9 Å². The van der Waals surface area contributed by atoms with Gasteiger partial charge in [0.15, 0.2) is 0 Å². The van der Waals surface area contributed by atoms with E-state index in [1.165, 1.54) is 0 Å². The van der Waals surface area contributed by atoms with Gasteiger partial charge in [-0.3, -0.25) is 0 Å². The van der Waals surface area contributed by atoms with Crippen molar-refractivity contribution >= 4 is 26.9 Å². The minimum absolute atomic E-state index is 0.377. The van der Waals surface area contributed by atoms with Gasteiger partial charge in [0.25, 0.3) is 0 Å². The Morgan fingerprint density at radius 2 is 1.83 bits per heavy atom. The molecular formula is C18H11BrN2O2. The van der Waals surface area contributed by atoms with Crippen LogP contribution in [0.4, 0.5) is 0 Å². The van der Waals surface area contributed by atoms with Gasteiger partial charge < -0.3 is 4.42 Å². The molecule has 0 aliphatic carbocycles. The largest absolute Gasteiger partial charge is 0.422 e. The van der Waals surface area contributed by atoms with Crippen molar-refractivity contribution in [2.45, 2.75) is 0 Å². The van der Waals surface area contributed by atoms with E-state index in [1.807, 2.05) is 54.6 Å². The average Bonchev–Trinajstić information content (AvgIpc) is 3.05. The number of fused-ring (bicyclic) bond motifs is 1. The van der Waals surface area contributed by atoms with Crippen LogP contribution in [-0.4, -0.2) is 9.78 Å². The maximum atomic E-state index is 12.4. The number of hydrogen-bond acceptors (Lipinski definition) is 3. The first-order valence-electron chi connectivity index (χ1n) is 7.05. The first-order chi connectivity index (χ1) is 11.2. The first kappa shape index (κ1) is 14.0. The summed E-state index contributed by atoms with van der Waals surface area (Å²) in [6.07, 6.45) is 1.67. The number of halogens is 1. The smallest absolute Gasteiger partial charge is 0.345 e. The second-order valence-corrected chi connectivity index (χ2v) is 6.01. The van der Waals surface area contributed by atoms with Crippen molar-refractivity contribution in [2.24, 2.45) is 0 Å². The highest BCUT2D eigenvalue weighted by atomic mass is 79.9. The molecule has 2 aromatic heterocycles. The summed E-state index contributed by atoms with van der Waals surface area (Å²) in [5.41, 5.74) is 2.26. The lowest BCUT2D eigenvalue weighted by Crippen LogP contribution is -2.07. The van der Waals surface area contributed by atoms with E-state index in [9.17, 15) is 4.79 Å². The number of aromatic nitrogens is 2. The SMILES string of the molecule is O=c1oc2ccc(Br)cc2cc1-c1ccnn1-c1ccccc1. The van der Waals surface area contributed by atoms with Crippen molar-refractivity contribution in [1.29, 1.82) is 0 Å². The summed E-state index contributed by atoms with van der Waals surface area (Å²) < 4.78 is 8.11. The molecule has 0 saturated carbocycles. The van der Waals surface area contributed by atoms with Crippen LogP contribution in [0.5, 0.6) is 0 Å². The molecule has 0 amide bonds. The van der Waals surface area contributed by atoms with Gasteiger partial charge in [0.2, 0.25) is 0 Å². The predicted molar refractivity (Wildman–Crippen MR) is 92.7 cm³/mol. The highest BCUT2D eigenvalue weighted by molar-refractivity contribution is 9.10. The molecule has 4 rings (SSSR count). The van der Waals surface area contributed by atoms with E-state index in [2.05, 4.69) is 21.0 Å². The fourth-order valence-electron chi connectivity index (χ4n) is 2.56. The van der Waals surface area contributed by atoms with Crippen molar-refractivity contribution in [1.82, 2.24) is 9.78 Å². The van der Waals surface area contributed by atoms with E-state index in [0.717, 1.165) is 15.5 Å². The monoisotopic (exact) mass is 366 g/mol. The van der Waals surface area contributed by atoms with E-state index >= 15 is 0 Å². The molecular weight excluding hydrogens is 356 g/mol. The Morgan fingerprint density at radius 1 is 1.00 bits per heavy atom. The molecule has 0 N–H and O–H groups in total. The molecule has 0 fully saturated rings. The normalized spacial score (nSPS) is 11.0. The van der Waals surface area contributed by atoms with Gasteiger partial charge in [-0.25, -0.2) is 9.48 Å². The molecule has 5 heteroatoms. The molecule has 4 nitrogen and oxygen atoms in total. The standard InChI is InChI=1S/C18H11BrN2O2/c19-13-6-7-17-12(10-13)11-15(18(22)23-17)16-8-9-20-21(16)14-4-2-1-3-5-14/h1-11H. The minimum atomic E-state index is -0.377. The van der Waals surface area contributed by atoms with E-state index in [-0.39, 0.29) is 5.63 Å². The van der Waals surface area contributed by atoms with Gasteiger partial charge in [-0.05, 0) is 42.5 Å². The van der Waals surface area contributed by atoms with Gasteiger partial charge in [-0.2, -0.15) is 5.10 Å². The van der Waals surface area contributed by atoms with E-state index in [0.29, 0.717) is 16.8 Å². The van der Waals surface area contributed by atoms with Gasteiger partial charge in [0.05, 0.1) is 23.1 Å². The maximum Gasteiger partial charge on any atom is 0.345 e. The van der Waals surface area contributed by atoms with Gasteiger partial charge in [0.1, 0.15) is 5.58 Å². The Balaban J connectivity index is 1.95. The molecule has 0 saturated heterocycles. The highest BCUT2D eigenvalue weighted by Gasteiger charge is 2.13. The zero-order chi connectivity index (χ0) is 15.8. The molecule has 0 bridgehead atoms. The Labute approximate surface area is 140 Å². The summed E-state index contributed by atoms with van der Waals surface area (Å²) in [5, 5.41) is 5.18. The zero-order valence-corrected chi connectivity index (χ0v) is 13.5. The van der Waals surface area contributed by atoms with Crippen LogP contribution >= 0.6 is 15.9 Å². The van der Waals surface area contributed by atoms with Crippen LogP contribution in [0.1, 0.15) is 0 Å². The molecule has 0 spiro atoms. The van der Waals surface area contributed by atoms with Crippen LogP contribution < -0.4 is 5.63 Å². The zero-order valence-electron chi connectivity index (χ0n) is 11.9. The maximum absolute atomic E-state index is 12.4. The molecule has 0 aliphatic heterocycles. The molecule has 2 aromatic carbocycles. The minimum Gasteiger partial charge on any atom is -0.422 e. The third kappa shape index (κ3) is 2.49. The first-order valence-corrected chi connectivity index (χ1v) is 7.85. The summed E-state index contributed by atoms with van der Waals surface area (Å²) in [7, 11) is 0. The lowest BCUT2D eigenvalue weighted by molar-refractivity contribution is 0.562. The number of rotatable bonds is 2. The molecule has 4 aromatic rings. The van der Waals surface area contributed by atoms with Crippen molar-refractivity contribution in [2.75, 3.05) is 0 Å². The van der Waals surface area contributed by atoms with E-state index in [4.69, 9.17) is 4.42 Å². The number of hydrogen-bond donors (Lipinski definition) is 0. The van der Waals surface area contributed by atoms with Gasteiger partial charge >= 0.3 is 5.63 Å². The fourth-order valence-corrected chi connectivity index (χ4v) is 2.93. The number of para-hydroxylation sites is 1. The lowest BCUT2D eigenvalue weighted by Gasteiger charge is -2.07. The van der Waals surface area contributed by atoms with E-state index in [1.54, 1.807) is 16.9 Å². The topological polar surface area (TPSA) is 48.0 Å². The third-order valence-electron chi connectivity index (χ3n) is 3.61. The molecule has 112 valence electrons. The molecule has 0 radical (unpaired) electrons. The summed E-state index contributed by atoms with van der Waals surface area (Å²) >= 11 is 3.44. The predicted octanol–water partition coefficient (Wildman–Crippen LogP) is 4.41. The van der Waals surface area contributed by atoms with Crippen molar-refractivity contribution in [3.05, 3.63) is 81.8 Å². The Morgan fingerprint density at radius 3 is 2.65 bits per heavy atom. The van der Waals surface area contributed by atoms with Gasteiger partial charge in [-0.1, -0.05) is 34.1 Å². The Bertz CT molecular complexity index is 1050. The second-order valence-electron chi connectivity index (χ2n) is 5.09. The molecule has 0 unspecified atom stereocenters. The van der Waals surface area contributed by atoms with Crippen molar-refractivity contribution in [3.63, 3.8) is 0 Å². The Kier molecular flexibility index (Phi) is 3.35. The summed E-state index contributed by atoms with van der Waals surface area (Å²) in [6, 6.07) is 18.9. The van der Waals surface area contributed by atoms with Crippen LogP contribution in [0, 0.1) is 0 Å². The molecule has 2 heterocycles. The third-order valence-corrected chi connectivity index (χ3v) is 4.11. The quantitative estimate of drug-likeness (QED) is 0.493. The van der Waals surface area contributed by atoms with Crippen LogP contribution in [0.15, 0.2) is 80.5 Å². The summed E-state index contributed by atoms with van der Waals surface area (Å²) in [6.45, 7) is 0. The lowest BCUT2D eigenvalue weighted by atomic mass is 10.1. The van der Waals surface area contributed by atoms with Crippen LogP contribution in [0.3, 0.4) is 0 Å². The van der Waals surface area contributed by atoms with Crippen LogP contribution in [-0.2, 0) is 0 Å². The Hall–Kier alpha value is -2.66. The van der Waals surface area contributed by atoms with E-state index < -0.39 is 0 Å². The average molecular weight is 367 g/mol. The number of benzene rings is 2.